The quantitative estimate of drug-likeness (QED) is 0.267. The summed E-state index contributed by atoms with van der Waals surface area (Å²) in [7, 11) is 1.44. The van der Waals surface area contributed by atoms with Gasteiger partial charge in [0.2, 0.25) is 0 Å². The predicted molar refractivity (Wildman–Crippen MR) is 137 cm³/mol. The Morgan fingerprint density at radius 2 is 1.69 bits per heavy atom. The molecule has 1 unspecified atom stereocenters. The van der Waals surface area contributed by atoms with E-state index in [-0.39, 0.29) is 17.3 Å². The number of carboxylic acid groups (broad SMARTS) is 1. The molecule has 8 nitrogen and oxygen atoms in total. The molecule has 3 aromatic rings. The van der Waals surface area contributed by atoms with E-state index in [0.717, 1.165) is 0 Å². The zero-order chi connectivity index (χ0) is 24.9. The fraction of sp³-hybridized carbons (Fsp3) is 0.115. The topological polar surface area (TPSA) is 114 Å². The SMILES string of the molecule is COc1cc(C2NC(=O)NC(c3ccccc3)=C2C(=O)c2ccccc2)cc(I)c1OCC(=O)O. The maximum atomic E-state index is 13.8. The maximum Gasteiger partial charge on any atom is 0.341 e. The van der Waals surface area contributed by atoms with Gasteiger partial charge in [0, 0.05) is 5.56 Å². The molecule has 178 valence electrons. The summed E-state index contributed by atoms with van der Waals surface area (Å²) >= 11 is 2.01. The molecule has 3 N–H and O–H groups in total. The minimum absolute atomic E-state index is 0.248. The third kappa shape index (κ3) is 5.29. The maximum absolute atomic E-state index is 13.8. The van der Waals surface area contributed by atoms with Gasteiger partial charge in [-0.3, -0.25) is 4.79 Å². The highest BCUT2D eigenvalue weighted by atomic mass is 127. The highest BCUT2D eigenvalue weighted by Crippen LogP contribution is 2.40. The second-order valence-electron chi connectivity index (χ2n) is 7.60. The van der Waals surface area contributed by atoms with E-state index in [0.29, 0.717) is 31.5 Å². The van der Waals surface area contributed by atoms with Crippen LogP contribution < -0.4 is 20.1 Å². The van der Waals surface area contributed by atoms with Gasteiger partial charge in [-0.1, -0.05) is 60.7 Å². The fourth-order valence-electron chi connectivity index (χ4n) is 3.82. The molecule has 0 saturated heterocycles. The standard InChI is InChI=1S/C26H21IN2O6/c1-34-19-13-17(12-18(27)25(19)35-14-20(30)31)23-21(24(32)16-10-6-3-7-11-16)22(28-26(33)29-23)15-8-4-2-5-9-15/h2-13,23H,14H2,1H3,(H,30,31)(H2,28,29,33). The lowest BCUT2D eigenvalue weighted by Gasteiger charge is -2.30. The molecule has 0 bridgehead atoms. The van der Waals surface area contributed by atoms with E-state index in [4.69, 9.17) is 14.6 Å². The van der Waals surface area contributed by atoms with Crippen molar-refractivity contribution in [3.05, 3.63) is 98.6 Å². The molecule has 0 radical (unpaired) electrons. The summed E-state index contributed by atoms with van der Waals surface area (Å²) in [5.41, 5.74) is 2.51. The molecular weight excluding hydrogens is 563 g/mol. The van der Waals surface area contributed by atoms with Crippen LogP contribution in [-0.2, 0) is 4.79 Å². The van der Waals surface area contributed by atoms with Crippen molar-refractivity contribution >= 4 is 46.1 Å². The number of carboxylic acids is 1. The van der Waals surface area contributed by atoms with Gasteiger partial charge in [0.25, 0.3) is 0 Å². The number of benzene rings is 3. The van der Waals surface area contributed by atoms with Gasteiger partial charge < -0.3 is 25.2 Å². The van der Waals surface area contributed by atoms with Crippen molar-refractivity contribution in [2.45, 2.75) is 6.04 Å². The summed E-state index contributed by atoms with van der Waals surface area (Å²) in [6.07, 6.45) is 0. The minimum atomic E-state index is -1.12. The van der Waals surface area contributed by atoms with Gasteiger partial charge in [0.1, 0.15) is 0 Å². The first-order chi connectivity index (χ1) is 16.9. The van der Waals surface area contributed by atoms with Crippen molar-refractivity contribution in [3.63, 3.8) is 0 Å². The smallest absolute Gasteiger partial charge is 0.341 e. The number of Topliss-reactive ketones (excluding diaryl/α,β-unsaturated/α-hetero) is 1. The van der Waals surface area contributed by atoms with Gasteiger partial charge in [-0.15, -0.1) is 0 Å². The number of nitrogens with one attached hydrogen (secondary N) is 2. The normalized spacial score (nSPS) is 15.1. The summed E-state index contributed by atoms with van der Waals surface area (Å²) in [5.74, 6) is -0.817. The first-order valence-electron chi connectivity index (χ1n) is 10.6. The van der Waals surface area contributed by atoms with Gasteiger partial charge in [0.05, 0.1) is 28.0 Å². The van der Waals surface area contributed by atoms with Gasteiger partial charge in [0.15, 0.2) is 23.9 Å². The van der Waals surface area contributed by atoms with E-state index in [1.54, 1.807) is 36.4 Å². The summed E-state index contributed by atoms with van der Waals surface area (Å²) in [5, 5.41) is 14.7. The van der Waals surface area contributed by atoms with E-state index in [1.165, 1.54) is 7.11 Å². The summed E-state index contributed by atoms with van der Waals surface area (Å²) in [4.78, 5) is 37.5. The Bertz CT molecular complexity index is 1310. The van der Waals surface area contributed by atoms with Crippen LogP contribution in [0.3, 0.4) is 0 Å². The zero-order valence-corrected chi connectivity index (χ0v) is 20.7. The molecule has 0 fully saturated rings. The highest BCUT2D eigenvalue weighted by Gasteiger charge is 2.34. The van der Waals surface area contributed by atoms with Crippen LogP contribution >= 0.6 is 22.6 Å². The van der Waals surface area contributed by atoms with Crippen LogP contribution in [0.4, 0.5) is 4.79 Å². The molecule has 35 heavy (non-hydrogen) atoms. The number of amides is 2. The Morgan fingerprint density at radius 3 is 2.31 bits per heavy atom. The first-order valence-corrected chi connectivity index (χ1v) is 11.7. The molecule has 0 aromatic heterocycles. The van der Waals surface area contributed by atoms with Crippen molar-refractivity contribution in [2.24, 2.45) is 0 Å². The van der Waals surface area contributed by atoms with Crippen LogP contribution in [0, 0.1) is 3.57 Å². The molecule has 9 heteroatoms. The number of hydrogen-bond acceptors (Lipinski definition) is 5. The molecular formula is C26H21IN2O6. The van der Waals surface area contributed by atoms with Crippen LogP contribution in [0.15, 0.2) is 78.4 Å². The predicted octanol–water partition coefficient (Wildman–Crippen LogP) is 4.41. The van der Waals surface area contributed by atoms with Gasteiger partial charge >= 0.3 is 12.0 Å². The van der Waals surface area contributed by atoms with Crippen LogP contribution in [0.1, 0.15) is 27.5 Å². The van der Waals surface area contributed by atoms with Gasteiger partial charge in [-0.2, -0.15) is 0 Å². The number of ketones is 1. The Labute approximate surface area is 215 Å². The van der Waals surface area contributed by atoms with E-state index in [9.17, 15) is 14.4 Å². The molecule has 0 spiro atoms. The van der Waals surface area contributed by atoms with Crippen molar-refractivity contribution in [1.82, 2.24) is 10.6 Å². The zero-order valence-electron chi connectivity index (χ0n) is 18.6. The Hall–Kier alpha value is -3.86. The van der Waals surface area contributed by atoms with E-state index >= 15 is 0 Å². The number of aliphatic carboxylic acids is 1. The third-order valence-electron chi connectivity index (χ3n) is 5.34. The second-order valence-corrected chi connectivity index (χ2v) is 8.76. The number of methoxy groups -OCH3 is 1. The number of hydrogen-bond donors (Lipinski definition) is 3. The van der Waals surface area contributed by atoms with Crippen molar-refractivity contribution in [1.29, 1.82) is 0 Å². The Kier molecular flexibility index (Phi) is 7.35. The number of halogens is 1. The van der Waals surface area contributed by atoms with Gasteiger partial charge in [-0.25, -0.2) is 9.59 Å². The number of carbonyl (C=O) groups is 3. The number of carbonyl (C=O) groups excluding carboxylic acids is 2. The lowest BCUT2D eigenvalue weighted by molar-refractivity contribution is -0.139. The molecule has 1 aliphatic rings. The third-order valence-corrected chi connectivity index (χ3v) is 6.14. The summed E-state index contributed by atoms with van der Waals surface area (Å²) in [6, 6.07) is 20.1. The average molecular weight is 584 g/mol. The number of urea groups is 1. The molecule has 1 heterocycles. The van der Waals surface area contributed by atoms with Crippen molar-refractivity contribution in [2.75, 3.05) is 13.7 Å². The fourth-order valence-corrected chi connectivity index (χ4v) is 4.60. The van der Waals surface area contributed by atoms with Crippen molar-refractivity contribution < 1.29 is 29.0 Å². The van der Waals surface area contributed by atoms with E-state index in [1.807, 2.05) is 59.0 Å². The lowest BCUT2D eigenvalue weighted by Crippen LogP contribution is -2.45. The van der Waals surface area contributed by atoms with Crippen LogP contribution in [0.5, 0.6) is 11.5 Å². The Balaban J connectivity index is 1.89. The monoisotopic (exact) mass is 584 g/mol. The molecule has 1 aliphatic heterocycles. The summed E-state index contributed by atoms with van der Waals surface area (Å²) in [6.45, 7) is -0.536. The summed E-state index contributed by atoms with van der Waals surface area (Å²) < 4.78 is 11.4. The number of ether oxygens (including phenoxy) is 2. The Morgan fingerprint density at radius 1 is 1.03 bits per heavy atom. The van der Waals surface area contributed by atoms with E-state index < -0.39 is 24.6 Å². The molecule has 0 aliphatic carbocycles. The molecule has 4 rings (SSSR count). The van der Waals surface area contributed by atoms with Crippen LogP contribution in [-0.4, -0.2) is 36.6 Å². The molecule has 2 amide bonds. The molecule has 1 atom stereocenters. The van der Waals surface area contributed by atoms with Gasteiger partial charge in [-0.05, 0) is 45.9 Å². The van der Waals surface area contributed by atoms with Crippen LogP contribution in [0.25, 0.3) is 5.70 Å². The molecule has 3 aromatic carbocycles. The van der Waals surface area contributed by atoms with Crippen molar-refractivity contribution in [3.8, 4) is 11.5 Å². The second kappa shape index (κ2) is 10.6. The number of rotatable bonds is 8. The minimum Gasteiger partial charge on any atom is -0.493 e. The first kappa shape index (κ1) is 24.3. The largest absolute Gasteiger partial charge is 0.493 e. The average Bonchev–Trinajstić information content (AvgIpc) is 2.87. The lowest BCUT2D eigenvalue weighted by atomic mass is 9.87. The van der Waals surface area contributed by atoms with Crippen LogP contribution in [0.2, 0.25) is 0 Å². The van der Waals surface area contributed by atoms with E-state index in [2.05, 4.69) is 10.6 Å². The highest BCUT2D eigenvalue weighted by molar-refractivity contribution is 14.1. The molecule has 0 saturated carbocycles.